The molecule has 2 N–H and O–H groups in total. The number of carbonyl (C=O) groups excluding carboxylic acids is 1. The number of nitrogens with two attached hydrogens (primary N) is 1. The fourth-order valence-electron chi connectivity index (χ4n) is 4.77. The average Bonchev–Trinajstić information content (AvgIpc) is 2.99. The zero-order valence-electron chi connectivity index (χ0n) is 14.3. The molecule has 1 saturated heterocycles. The lowest BCUT2D eigenvalue weighted by atomic mass is 9.57. The minimum Gasteiger partial charge on any atom is -0.377 e. The largest absolute Gasteiger partial charge is 0.377 e. The van der Waals surface area contributed by atoms with Crippen LogP contribution in [0.5, 0.6) is 0 Å². The molecule has 0 radical (unpaired) electrons. The fraction of sp³-hybridized carbons (Fsp3) is 0.474. The Kier molecular flexibility index (Phi) is 3.32. The van der Waals surface area contributed by atoms with Gasteiger partial charge in [-0.05, 0) is 18.6 Å². The third kappa shape index (κ3) is 2.04. The first kappa shape index (κ1) is 15.4. The summed E-state index contributed by atoms with van der Waals surface area (Å²) < 4.78 is 5.89. The number of fused-ring (bicyclic) bond motifs is 2. The lowest BCUT2D eigenvalue weighted by Crippen LogP contribution is -2.66. The molecule has 2 fully saturated rings. The number of aromatic nitrogens is 1. The number of hydrogen-bond acceptors (Lipinski definition) is 4. The van der Waals surface area contributed by atoms with Crippen molar-refractivity contribution in [2.45, 2.75) is 32.4 Å². The van der Waals surface area contributed by atoms with Gasteiger partial charge < -0.3 is 15.4 Å². The number of para-hydroxylation sites is 1. The van der Waals surface area contributed by atoms with Gasteiger partial charge in [0.15, 0.2) is 0 Å². The van der Waals surface area contributed by atoms with Crippen LogP contribution in [-0.2, 0) is 4.74 Å². The minimum atomic E-state index is -0.418. The van der Waals surface area contributed by atoms with Crippen LogP contribution in [0.15, 0.2) is 30.3 Å². The standard InChI is InChI=1S/C19H23N3O2/c1-19(2)16(12-8-9-24-17(12)19)22(3)15-10-13(18(20)23)11-6-4-5-7-14(11)21-15/h4-7,10,12,16-17H,8-9H2,1-3H3,(H2,20,23). The molecule has 1 aliphatic heterocycles. The molecule has 0 spiro atoms. The van der Waals surface area contributed by atoms with Crippen molar-refractivity contribution in [1.82, 2.24) is 4.98 Å². The highest BCUT2D eigenvalue weighted by Crippen LogP contribution is 2.54. The van der Waals surface area contributed by atoms with Gasteiger partial charge in [-0.25, -0.2) is 4.98 Å². The molecule has 5 heteroatoms. The number of hydrogen-bond donors (Lipinski definition) is 1. The summed E-state index contributed by atoms with van der Waals surface area (Å²) in [5, 5.41) is 0.803. The Bertz CT molecular complexity index is 817. The van der Waals surface area contributed by atoms with Gasteiger partial charge in [-0.3, -0.25) is 4.79 Å². The Morgan fingerprint density at radius 3 is 2.88 bits per heavy atom. The molecule has 1 aromatic heterocycles. The summed E-state index contributed by atoms with van der Waals surface area (Å²) in [4.78, 5) is 18.9. The maximum absolute atomic E-state index is 11.9. The van der Waals surface area contributed by atoms with Crippen molar-refractivity contribution < 1.29 is 9.53 Å². The number of pyridine rings is 1. The predicted octanol–water partition coefficient (Wildman–Crippen LogP) is 2.58. The zero-order valence-corrected chi connectivity index (χ0v) is 14.3. The van der Waals surface area contributed by atoms with E-state index in [1.54, 1.807) is 0 Å². The maximum atomic E-state index is 11.9. The minimum absolute atomic E-state index is 0.0656. The molecule has 1 aliphatic carbocycles. The highest BCUT2D eigenvalue weighted by atomic mass is 16.5. The fourth-order valence-corrected chi connectivity index (χ4v) is 4.77. The van der Waals surface area contributed by atoms with E-state index in [1.165, 1.54) is 0 Å². The van der Waals surface area contributed by atoms with Crippen LogP contribution < -0.4 is 10.6 Å². The monoisotopic (exact) mass is 325 g/mol. The number of benzene rings is 1. The van der Waals surface area contributed by atoms with Crippen LogP contribution in [0.1, 0.15) is 30.6 Å². The van der Waals surface area contributed by atoms with Crippen LogP contribution in [-0.4, -0.2) is 36.7 Å². The number of amides is 1. The molecular formula is C19H23N3O2. The van der Waals surface area contributed by atoms with Crippen molar-refractivity contribution in [3.05, 3.63) is 35.9 Å². The lowest BCUT2D eigenvalue weighted by Gasteiger charge is -2.58. The van der Waals surface area contributed by atoms with E-state index in [0.717, 1.165) is 29.7 Å². The van der Waals surface area contributed by atoms with Crippen LogP contribution >= 0.6 is 0 Å². The van der Waals surface area contributed by atoms with Crippen molar-refractivity contribution in [3.63, 3.8) is 0 Å². The van der Waals surface area contributed by atoms with Gasteiger partial charge in [-0.2, -0.15) is 0 Å². The van der Waals surface area contributed by atoms with Crippen molar-refractivity contribution >= 4 is 22.6 Å². The summed E-state index contributed by atoms with van der Waals surface area (Å²) in [5.74, 6) is 0.902. The summed E-state index contributed by atoms with van der Waals surface area (Å²) in [5.41, 5.74) is 7.00. The van der Waals surface area contributed by atoms with E-state index in [4.69, 9.17) is 15.5 Å². The van der Waals surface area contributed by atoms with E-state index in [0.29, 0.717) is 23.6 Å². The molecule has 1 amide bonds. The van der Waals surface area contributed by atoms with Gasteiger partial charge in [0.2, 0.25) is 5.91 Å². The maximum Gasteiger partial charge on any atom is 0.249 e. The van der Waals surface area contributed by atoms with Crippen molar-refractivity contribution in [1.29, 1.82) is 0 Å². The number of rotatable bonds is 3. The van der Waals surface area contributed by atoms with E-state index >= 15 is 0 Å². The number of primary amides is 1. The summed E-state index contributed by atoms with van der Waals surface area (Å²) in [6.07, 6.45) is 1.40. The van der Waals surface area contributed by atoms with Gasteiger partial charge in [0.1, 0.15) is 5.82 Å². The zero-order chi connectivity index (χ0) is 17.1. The van der Waals surface area contributed by atoms with Gasteiger partial charge in [0, 0.05) is 36.4 Å². The number of anilines is 1. The molecule has 3 unspecified atom stereocenters. The Balaban J connectivity index is 1.77. The topological polar surface area (TPSA) is 68.5 Å². The number of carbonyl (C=O) groups is 1. The molecule has 3 atom stereocenters. The first-order valence-electron chi connectivity index (χ1n) is 8.45. The van der Waals surface area contributed by atoms with Crippen molar-refractivity contribution in [3.8, 4) is 0 Å². The second-order valence-electron chi connectivity index (χ2n) is 7.53. The smallest absolute Gasteiger partial charge is 0.249 e. The first-order valence-corrected chi connectivity index (χ1v) is 8.45. The summed E-state index contributed by atoms with van der Waals surface area (Å²) in [7, 11) is 2.06. The molecule has 2 aliphatic rings. The van der Waals surface area contributed by atoms with Crippen molar-refractivity contribution in [2.24, 2.45) is 17.1 Å². The van der Waals surface area contributed by atoms with Gasteiger partial charge in [-0.1, -0.05) is 32.0 Å². The molecule has 4 rings (SSSR count). The molecular weight excluding hydrogens is 302 g/mol. The Morgan fingerprint density at radius 2 is 2.12 bits per heavy atom. The molecule has 24 heavy (non-hydrogen) atoms. The third-order valence-electron chi connectivity index (χ3n) is 5.79. The van der Waals surface area contributed by atoms with E-state index in [-0.39, 0.29) is 5.41 Å². The second kappa shape index (κ2) is 5.18. The highest BCUT2D eigenvalue weighted by Gasteiger charge is 2.61. The lowest BCUT2D eigenvalue weighted by molar-refractivity contribution is -0.101. The van der Waals surface area contributed by atoms with Crippen LogP contribution in [0.25, 0.3) is 10.9 Å². The molecule has 1 saturated carbocycles. The molecule has 1 aromatic carbocycles. The SMILES string of the molecule is CN(c1cc(C(N)=O)c2ccccc2n1)C1C2CCOC2C1(C)C. The second-order valence-corrected chi connectivity index (χ2v) is 7.53. The van der Waals surface area contributed by atoms with Crippen LogP contribution in [0, 0.1) is 11.3 Å². The first-order chi connectivity index (χ1) is 11.4. The highest BCUT2D eigenvalue weighted by molar-refractivity contribution is 6.06. The van der Waals surface area contributed by atoms with E-state index in [9.17, 15) is 4.79 Å². The Hall–Kier alpha value is -2.14. The summed E-state index contributed by atoms with van der Waals surface area (Å²) >= 11 is 0. The molecule has 2 aromatic rings. The quantitative estimate of drug-likeness (QED) is 0.942. The Morgan fingerprint density at radius 1 is 1.38 bits per heavy atom. The van der Waals surface area contributed by atoms with Crippen LogP contribution in [0.3, 0.4) is 0 Å². The summed E-state index contributed by atoms with van der Waals surface area (Å²) in [6, 6.07) is 9.81. The Labute approximate surface area is 141 Å². The number of nitrogens with zero attached hydrogens (tertiary/aromatic N) is 2. The van der Waals surface area contributed by atoms with Crippen LogP contribution in [0.4, 0.5) is 5.82 Å². The molecule has 126 valence electrons. The normalized spacial score (nSPS) is 27.5. The van der Waals surface area contributed by atoms with Gasteiger partial charge in [-0.15, -0.1) is 0 Å². The van der Waals surface area contributed by atoms with E-state index in [1.807, 2.05) is 30.3 Å². The average molecular weight is 325 g/mol. The van der Waals surface area contributed by atoms with Crippen molar-refractivity contribution in [2.75, 3.05) is 18.6 Å². The predicted molar refractivity (Wildman–Crippen MR) is 94.1 cm³/mol. The van der Waals surface area contributed by atoms with Gasteiger partial charge in [0.05, 0.1) is 17.2 Å². The molecule has 2 heterocycles. The molecule has 0 bridgehead atoms. The van der Waals surface area contributed by atoms with Gasteiger partial charge >= 0.3 is 0 Å². The van der Waals surface area contributed by atoms with Gasteiger partial charge in [0.25, 0.3) is 0 Å². The summed E-state index contributed by atoms with van der Waals surface area (Å²) in [6.45, 7) is 5.33. The third-order valence-corrected chi connectivity index (χ3v) is 5.79. The number of ether oxygens (including phenoxy) is 1. The van der Waals surface area contributed by atoms with E-state index < -0.39 is 5.91 Å². The van der Waals surface area contributed by atoms with E-state index in [2.05, 4.69) is 25.8 Å². The van der Waals surface area contributed by atoms with Crippen LogP contribution in [0.2, 0.25) is 0 Å². The molecule has 5 nitrogen and oxygen atoms in total.